The smallest absolute Gasteiger partial charge is 0.194 e. The molecule has 4 aliphatic rings. The highest BCUT2D eigenvalue weighted by Crippen LogP contribution is 2.62. The molecule has 6 heteroatoms. The van der Waals surface area contributed by atoms with E-state index in [1.54, 1.807) is 7.11 Å². The highest BCUT2D eigenvalue weighted by molar-refractivity contribution is 14.0. The van der Waals surface area contributed by atoms with Gasteiger partial charge in [-0.1, -0.05) is 6.42 Å². The Hall–Kier alpha value is -0.0800. The fourth-order valence-electron chi connectivity index (χ4n) is 5.38. The van der Waals surface area contributed by atoms with Gasteiger partial charge in [-0.25, -0.2) is 0 Å². The van der Waals surface area contributed by atoms with Gasteiger partial charge in [-0.05, 0) is 32.6 Å². The molecule has 1 N–H and O–H groups in total. The van der Waals surface area contributed by atoms with Gasteiger partial charge in [0.15, 0.2) is 5.96 Å². The lowest BCUT2D eigenvalue weighted by Gasteiger charge is -2.63. The normalized spacial score (nSPS) is 36.8. The van der Waals surface area contributed by atoms with Crippen LogP contribution in [0, 0.1) is 17.3 Å². The largest absolute Gasteiger partial charge is 0.384 e. The third-order valence-corrected chi connectivity index (χ3v) is 6.62. The summed E-state index contributed by atoms with van der Waals surface area (Å²) in [6.45, 7) is 6.97. The van der Waals surface area contributed by atoms with Crippen LogP contribution in [0.5, 0.6) is 0 Å². The van der Waals surface area contributed by atoms with Gasteiger partial charge in [0.1, 0.15) is 0 Å². The Morgan fingerprint density at radius 3 is 2.88 bits per heavy atom. The summed E-state index contributed by atoms with van der Waals surface area (Å²) in [5, 5.41) is 3.88. The number of ether oxygens (including phenoxy) is 2. The first-order valence-electron chi connectivity index (χ1n) is 9.45. The number of hydrogen-bond acceptors (Lipinski definition) is 3. The van der Waals surface area contributed by atoms with Gasteiger partial charge in [0, 0.05) is 56.6 Å². The quantitative estimate of drug-likeness (QED) is 0.407. The maximum Gasteiger partial charge on any atom is 0.194 e. The second kappa shape index (κ2) is 7.66. The Morgan fingerprint density at radius 2 is 2.21 bits per heavy atom. The van der Waals surface area contributed by atoms with Gasteiger partial charge in [-0.3, -0.25) is 4.99 Å². The van der Waals surface area contributed by atoms with Crippen LogP contribution >= 0.6 is 24.0 Å². The zero-order chi connectivity index (χ0) is 15.9. The van der Waals surface area contributed by atoms with Crippen molar-refractivity contribution in [2.45, 2.75) is 51.2 Å². The lowest BCUT2D eigenvalue weighted by atomic mass is 9.46. The molecule has 0 radical (unpaired) electrons. The van der Waals surface area contributed by atoms with Gasteiger partial charge in [0.05, 0.1) is 12.7 Å². The minimum absolute atomic E-state index is 0. The fraction of sp³-hybridized carbons (Fsp3) is 0.944. The molecule has 2 saturated heterocycles. The Kier molecular flexibility index (Phi) is 5.97. The van der Waals surface area contributed by atoms with E-state index in [2.05, 4.69) is 17.1 Å². The summed E-state index contributed by atoms with van der Waals surface area (Å²) in [6, 6.07) is 0.579. The van der Waals surface area contributed by atoms with E-state index in [9.17, 15) is 0 Å². The average molecular weight is 449 g/mol. The summed E-state index contributed by atoms with van der Waals surface area (Å²) in [4.78, 5) is 7.26. The molecule has 0 aromatic heterocycles. The molecule has 0 aromatic carbocycles. The molecule has 2 heterocycles. The zero-order valence-corrected chi connectivity index (χ0v) is 17.3. The van der Waals surface area contributed by atoms with Crippen molar-refractivity contribution in [1.82, 2.24) is 10.2 Å². The topological polar surface area (TPSA) is 46.1 Å². The molecule has 0 aromatic rings. The standard InChI is InChI=1S/C18H31N3O2.HI/c1-3-19-17(21-9-5-13(11-21)12-22-2)20-15-14-6-10-23-16(14)18(15)7-4-8-18;/h13-16H,3-12H2,1-2H3,(H,19,20);1H. The number of aliphatic imine (C=N–C) groups is 1. The molecule has 0 bridgehead atoms. The van der Waals surface area contributed by atoms with E-state index < -0.39 is 0 Å². The van der Waals surface area contributed by atoms with Crippen LogP contribution in [0.3, 0.4) is 0 Å². The number of rotatable bonds is 4. The van der Waals surface area contributed by atoms with Crippen LogP contribution in [0.1, 0.15) is 39.0 Å². The van der Waals surface area contributed by atoms with Gasteiger partial charge in [0.25, 0.3) is 0 Å². The minimum Gasteiger partial charge on any atom is -0.384 e. The van der Waals surface area contributed by atoms with E-state index in [1.807, 2.05) is 0 Å². The summed E-state index contributed by atoms with van der Waals surface area (Å²) >= 11 is 0. The van der Waals surface area contributed by atoms with Crippen molar-refractivity contribution in [2.75, 3.05) is 40.0 Å². The number of methoxy groups -OCH3 is 1. The summed E-state index contributed by atoms with van der Waals surface area (Å²) < 4.78 is 11.4. The lowest BCUT2D eigenvalue weighted by molar-refractivity contribution is -0.171. The SMILES string of the molecule is CCN=C(NC1C2CCOC2C12CCC2)N1CCC(COC)C1.I. The van der Waals surface area contributed by atoms with Crippen LogP contribution in [0.2, 0.25) is 0 Å². The molecule has 4 fully saturated rings. The second-order valence-corrected chi connectivity index (χ2v) is 7.81. The Labute approximate surface area is 162 Å². The van der Waals surface area contributed by atoms with Crippen molar-refractivity contribution in [3.63, 3.8) is 0 Å². The highest BCUT2D eigenvalue weighted by atomic mass is 127. The molecule has 4 unspecified atom stereocenters. The molecule has 0 amide bonds. The van der Waals surface area contributed by atoms with E-state index in [0.29, 0.717) is 29.4 Å². The van der Waals surface area contributed by atoms with Gasteiger partial charge in [0.2, 0.25) is 0 Å². The maximum atomic E-state index is 6.05. The molecular formula is C18H32IN3O2. The Balaban J connectivity index is 0.00000169. The van der Waals surface area contributed by atoms with E-state index in [1.165, 1.54) is 32.1 Å². The van der Waals surface area contributed by atoms with Crippen LogP contribution in [0.4, 0.5) is 0 Å². The van der Waals surface area contributed by atoms with Crippen molar-refractivity contribution < 1.29 is 9.47 Å². The number of guanidine groups is 1. The third kappa shape index (κ3) is 2.96. The van der Waals surface area contributed by atoms with Crippen LogP contribution < -0.4 is 5.32 Å². The summed E-state index contributed by atoms with van der Waals surface area (Å²) in [5.41, 5.74) is 0.418. The number of likely N-dealkylation sites (tertiary alicyclic amines) is 1. The summed E-state index contributed by atoms with van der Waals surface area (Å²) in [5.74, 6) is 2.48. The Bertz CT molecular complexity index is 469. The first-order valence-corrected chi connectivity index (χ1v) is 9.45. The molecule has 24 heavy (non-hydrogen) atoms. The lowest BCUT2D eigenvalue weighted by Crippen LogP contribution is -2.72. The summed E-state index contributed by atoms with van der Waals surface area (Å²) in [6.07, 6.45) is 6.98. The number of nitrogens with one attached hydrogen (secondary N) is 1. The molecular weight excluding hydrogens is 417 g/mol. The minimum atomic E-state index is 0. The van der Waals surface area contributed by atoms with E-state index >= 15 is 0 Å². The number of halogens is 1. The van der Waals surface area contributed by atoms with Crippen molar-refractivity contribution in [3.05, 3.63) is 0 Å². The molecule has 2 saturated carbocycles. The van der Waals surface area contributed by atoms with Gasteiger partial charge >= 0.3 is 0 Å². The van der Waals surface area contributed by atoms with Gasteiger partial charge < -0.3 is 19.7 Å². The van der Waals surface area contributed by atoms with Gasteiger partial charge in [-0.15, -0.1) is 24.0 Å². The Morgan fingerprint density at radius 1 is 1.38 bits per heavy atom. The molecule has 1 spiro atoms. The van der Waals surface area contributed by atoms with Crippen LogP contribution in [0.25, 0.3) is 0 Å². The third-order valence-electron chi connectivity index (χ3n) is 6.62. The van der Waals surface area contributed by atoms with Crippen LogP contribution in [0.15, 0.2) is 4.99 Å². The zero-order valence-electron chi connectivity index (χ0n) is 15.0. The number of nitrogens with zero attached hydrogens (tertiary/aromatic N) is 2. The van der Waals surface area contributed by atoms with E-state index in [4.69, 9.17) is 14.5 Å². The van der Waals surface area contributed by atoms with Crippen LogP contribution in [-0.4, -0.2) is 63.0 Å². The monoisotopic (exact) mass is 449 g/mol. The summed E-state index contributed by atoms with van der Waals surface area (Å²) in [7, 11) is 1.80. The number of fused-ring (bicyclic) bond motifs is 2. The molecule has 5 nitrogen and oxygen atoms in total. The molecule has 2 aliphatic carbocycles. The maximum absolute atomic E-state index is 6.05. The van der Waals surface area contributed by atoms with Crippen molar-refractivity contribution in [2.24, 2.45) is 22.2 Å². The van der Waals surface area contributed by atoms with Gasteiger partial charge in [-0.2, -0.15) is 0 Å². The van der Waals surface area contributed by atoms with E-state index in [0.717, 1.165) is 38.8 Å². The highest BCUT2D eigenvalue weighted by Gasteiger charge is 2.66. The van der Waals surface area contributed by atoms with Crippen LogP contribution in [-0.2, 0) is 9.47 Å². The average Bonchev–Trinajstić information content (AvgIpc) is 3.11. The fourth-order valence-corrected chi connectivity index (χ4v) is 5.38. The van der Waals surface area contributed by atoms with E-state index in [-0.39, 0.29) is 24.0 Å². The molecule has 138 valence electrons. The first kappa shape index (κ1) is 18.7. The predicted molar refractivity (Wildman–Crippen MR) is 106 cm³/mol. The van der Waals surface area contributed by atoms with Crippen molar-refractivity contribution in [3.8, 4) is 0 Å². The number of hydrogen-bond donors (Lipinski definition) is 1. The second-order valence-electron chi connectivity index (χ2n) is 7.81. The molecule has 2 aliphatic heterocycles. The molecule has 4 atom stereocenters. The van der Waals surface area contributed by atoms with Crippen molar-refractivity contribution in [1.29, 1.82) is 0 Å². The predicted octanol–water partition coefficient (Wildman–Crippen LogP) is 2.50. The molecule has 4 rings (SSSR count). The first-order chi connectivity index (χ1) is 11.3. The van der Waals surface area contributed by atoms with Crippen molar-refractivity contribution >= 4 is 29.9 Å².